The standard InChI is InChI=1S/C15H34N2/c1-6-14(3)12-17(7-2)11-9-8-10-15(4,5)13-16/h14H,6-13,16H2,1-5H3. The first-order valence-corrected chi connectivity index (χ1v) is 7.37. The highest BCUT2D eigenvalue weighted by Crippen LogP contribution is 2.21. The first-order valence-electron chi connectivity index (χ1n) is 7.37. The Morgan fingerprint density at radius 1 is 1.18 bits per heavy atom. The molecule has 0 rings (SSSR count). The molecule has 0 aliphatic heterocycles. The average Bonchev–Trinajstić information content (AvgIpc) is 2.32. The minimum atomic E-state index is 0.327. The van der Waals surface area contributed by atoms with Gasteiger partial charge in [-0.25, -0.2) is 0 Å². The van der Waals surface area contributed by atoms with Crippen LogP contribution in [-0.2, 0) is 0 Å². The lowest BCUT2D eigenvalue weighted by Gasteiger charge is -2.25. The van der Waals surface area contributed by atoms with Crippen molar-refractivity contribution in [2.45, 2.75) is 60.3 Å². The SMILES string of the molecule is CCC(C)CN(CC)CCCCC(C)(C)CN. The molecule has 2 N–H and O–H groups in total. The number of rotatable bonds is 10. The van der Waals surface area contributed by atoms with Crippen molar-refractivity contribution in [3.63, 3.8) is 0 Å². The van der Waals surface area contributed by atoms with E-state index in [0.29, 0.717) is 5.41 Å². The number of unbranched alkanes of at least 4 members (excludes halogenated alkanes) is 1. The molecule has 0 fully saturated rings. The van der Waals surface area contributed by atoms with Crippen LogP contribution in [0.1, 0.15) is 60.3 Å². The Bertz CT molecular complexity index is 178. The van der Waals surface area contributed by atoms with Gasteiger partial charge in [-0.2, -0.15) is 0 Å². The Labute approximate surface area is 109 Å². The highest BCUT2D eigenvalue weighted by molar-refractivity contribution is 4.69. The van der Waals surface area contributed by atoms with Crippen LogP contribution in [-0.4, -0.2) is 31.1 Å². The maximum absolute atomic E-state index is 5.75. The third kappa shape index (κ3) is 8.62. The summed E-state index contributed by atoms with van der Waals surface area (Å²) >= 11 is 0. The topological polar surface area (TPSA) is 29.3 Å². The summed E-state index contributed by atoms with van der Waals surface area (Å²) in [4.78, 5) is 2.59. The van der Waals surface area contributed by atoms with Crippen LogP contribution in [0.5, 0.6) is 0 Å². The van der Waals surface area contributed by atoms with Gasteiger partial charge in [0.2, 0.25) is 0 Å². The predicted molar refractivity (Wildman–Crippen MR) is 78.3 cm³/mol. The quantitative estimate of drug-likeness (QED) is 0.594. The van der Waals surface area contributed by atoms with Crippen LogP contribution in [0.2, 0.25) is 0 Å². The molecule has 104 valence electrons. The second-order valence-electron chi connectivity index (χ2n) is 6.23. The summed E-state index contributed by atoms with van der Waals surface area (Å²) in [5, 5.41) is 0. The molecule has 0 aromatic carbocycles. The molecule has 0 aliphatic rings. The summed E-state index contributed by atoms with van der Waals surface area (Å²) in [6, 6.07) is 0. The van der Waals surface area contributed by atoms with E-state index in [1.165, 1.54) is 45.3 Å². The van der Waals surface area contributed by atoms with Crippen LogP contribution < -0.4 is 5.73 Å². The molecule has 2 heteroatoms. The molecule has 0 aliphatic carbocycles. The molecular formula is C15H34N2. The highest BCUT2D eigenvalue weighted by atomic mass is 15.1. The van der Waals surface area contributed by atoms with E-state index in [2.05, 4.69) is 39.5 Å². The monoisotopic (exact) mass is 242 g/mol. The highest BCUT2D eigenvalue weighted by Gasteiger charge is 2.14. The van der Waals surface area contributed by atoms with Gasteiger partial charge in [-0.05, 0) is 43.8 Å². The molecule has 0 heterocycles. The van der Waals surface area contributed by atoms with Gasteiger partial charge in [0.05, 0.1) is 0 Å². The van der Waals surface area contributed by atoms with E-state index in [0.717, 1.165) is 12.5 Å². The van der Waals surface area contributed by atoms with Crippen molar-refractivity contribution in [3.05, 3.63) is 0 Å². The molecule has 2 nitrogen and oxygen atoms in total. The van der Waals surface area contributed by atoms with Crippen LogP contribution in [0.4, 0.5) is 0 Å². The second-order valence-corrected chi connectivity index (χ2v) is 6.23. The summed E-state index contributed by atoms with van der Waals surface area (Å²) < 4.78 is 0. The Morgan fingerprint density at radius 2 is 1.82 bits per heavy atom. The van der Waals surface area contributed by atoms with Gasteiger partial charge in [0.1, 0.15) is 0 Å². The second kappa shape index (κ2) is 8.93. The summed E-state index contributed by atoms with van der Waals surface area (Å²) in [5.74, 6) is 0.829. The molecule has 0 bridgehead atoms. The van der Waals surface area contributed by atoms with Gasteiger partial charge in [0, 0.05) is 6.54 Å². The molecule has 17 heavy (non-hydrogen) atoms. The van der Waals surface area contributed by atoms with E-state index in [9.17, 15) is 0 Å². The smallest absolute Gasteiger partial charge is 0.000680 e. The zero-order valence-corrected chi connectivity index (χ0v) is 12.8. The van der Waals surface area contributed by atoms with Gasteiger partial charge >= 0.3 is 0 Å². The molecular weight excluding hydrogens is 208 g/mol. The van der Waals surface area contributed by atoms with E-state index in [1.807, 2.05) is 0 Å². The molecule has 0 aromatic rings. The lowest BCUT2D eigenvalue weighted by molar-refractivity contribution is 0.233. The van der Waals surface area contributed by atoms with Crippen molar-refractivity contribution in [1.82, 2.24) is 4.90 Å². The van der Waals surface area contributed by atoms with Crippen molar-refractivity contribution >= 4 is 0 Å². The van der Waals surface area contributed by atoms with Gasteiger partial charge in [0.15, 0.2) is 0 Å². The van der Waals surface area contributed by atoms with E-state index in [4.69, 9.17) is 5.73 Å². The van der Waals surface area contributed by atoms with Gasteiger partial charge in [-0.3, -0.25) is 0 Å². The van der Waals surface area contributed by atoms with Crippen molar-refractivity contribution < 1.29 is 0 Å². The maximum Gasteiger partial charge on any atom is 0.000680 e. The summed E-state index contributed by atoms with van der Waals surface area (Å²) in [5.41, 5.74) is 6.08. The van der Waals surface area contributed by atoms with E-state index < -0.39 is 0 Å². The Kier molecular flexibility index (Phi) is 8.89. The van der Waals surface area contributed by atoms with Crippen LogP contribution in [0.15, 0.2) is 0 Å². The van der Waals surface area contributed by atoms with Crippen molar-refractivity contribution in [1.29, 1.82) is 0 Å². The van der Waals surface area contributed by atoms with Gasteiger partial charge < -0.3 is 10.6 Å². The number of nitrogens with zero attached hydrogens (tertiary/aromatic N) is 1. The van der Waals surface area contributed by atoms with Gasteiger partial charge in [0.25, 0.3) is 0 Å². The Morgan fingerprint density at radius 3 is 2.29 bits per heavy atom. The van der Waals surface area contributed by atoms with Crippen molar-refractivity contribution in [2.24, 2.45) is 17.1 Å². The fraction of sp³-hybridized carbons (Fsp3) is 1.00. The molecule has 0 radical (unpaired) electrons. The van der Waals surface area contributed by atoms with E-state index in [1.54, 1.807) is 0 Å². The van der Waals surface area contributed by atoms with Gasteiger partial charge in [-0.1, -0.05) is 47.5 Å². The fourth-order valence-electron chi connectivity index (χ4n) is 1.99. The summed E-state index contributed by atoms with van der Waals surface area (Å²) in [6.07, 6.45) is 5.16. The molecule has 0 aromatic heterocycles. The van der Waals surface area contributed by atoms with Crippen molar-refractivity contribution in [3.8, 4) is 0 Å². The lowest BCUT2D eigenvalue weighted by atomic mass is 9.87. The fourth-order valence-corrected chi connectivity index (χ4v) is 1.99. The first-order chi connectivity index (χ1) is 7.95. The molecule has 0 amide bonds. The average molecular weight is 242 g/mol. The van der Waals surface area contributed by atoms with Crippen LogP contribution >= 0.6 is 0 Å². The number of nitrogens with two attached hydrogens (primary N) is 1. The Balaban J connectivity index is 3.70. The third-order valence-electron chi connectivity index (χ3n) is 3.84. The molecule has 1 atom stereocenters. The van der Waals surface area contributed by atoms with Crippen molar-refractivity contribution in [2.75, 3.05) is 26.2 Å². The largest absolute Gasteiger partial charge is 0.330 e. The normalized spacial score (nSPS) is 14.3. The number of hydrogen-bond donors (Lipinski definition) is 1. The third-order valence-corrected chi connectivity index (χ3v) is 3.84. The maximum atomic E-state index is 5.75. The zero-order valence-electron chi connectivity index (χ0n) is 12.8. The summed E-state index contributed by atoms with van der Waals surface area (Å²) in [6.45, 7) is 15.9. The minimum absolute atomic E-state index is 0.327. The van der Waals surface area contributed by atoms with E-state index in [-0.39, 0.29) is 0 Å². The first kappa shape index (κ1) is 16.9. The minimum Gasteiger partial charge on any atom is -0.330 e. The van der Waals surface area contributed by atoms with Crippen LogP contribution in [0.3, 0.4) is 0 Å². The zero-order chi connectivity index (χ0) is 13.3. The number of hydrogen-bond acceptors (Lipinski definition) is 2. The molecule has 0 spiro atoms. The lowest BCUT2D eigenvalue weighted by Crippen LogP contribution is -2.29. The van der Waals surface area contributed by atoms with Gasteiger partial charge in [-0.15, -0.1) is 0 Å². The molecule has 0 saturated carbocycles. The Hall–Kier alpha value is -0.0800. The van der Waals surface area contributed by atoms with Crippen LogP contribution in [0, 0.1) is 11.3 Å². The van der Waals surface area contributed by atoms with E-state index >= 15 is 0 Å². The predicted octanol–water partition coefficient (Wildman–Crippen LogP) is 3.51. The molecule has 1 unspecified atom stereocenters. The molecule has 0 saturated heterocycles. The summed E-state index contributed by atoms with van der Waals surface area (Å²) in [7, 11) is 0. The van der Waals surface area contributed by atoms with Crippen LogP contribution in [0.25, 0.3) is 0 Å².